The first-order chi connectivity index (χ1) is 6.06. The van der Waals surface area contributed by atoms with Gasteiger partial charge in [0.15, 0.2) is 0 Å². The summed E-state index contributed by atoms with van der Waals surface area (Å²) < 4.78 is 8.25. The van der Waals surface area contributed by atoms with Gasteiger partial charge in [-0.05, 0) is 6.92 Å². The van der Waals surface area contributed by atoms with Gasteiger partial charge in [-0.2, -0.15) is 0 Å². The van der Waals surface area contributed by atoms with Crippen LogP contribution in [0.5, 0.6) is 0 Å². The number of carbonyl (C=O) groups is 3. The molecule has 6 nitrogen and oxygen atoms in total. The Labute approximate surface area is 74.4 Å². The van der Waals surface area contributed by atoms with Crippen LogP contribution in [0.15, 0.2) is 0 Å². The standard InChI is InChI=1S/C7H10O6/c1-2-12-5(8)3-4-6(9)13-7(10)11/h2-4H2,1H3,(H,10,11). The first-order valence-electron chi connectivity index (χ1n) is 3.65. The van der Waals surface area contributed by atoms with E-state index in [1.165, 1.54) is 0 Å². The van der Waals surface area contributed by atoms with Crippen molar-refractivity contribution in [2.24, 2.45) is 0 Å². The fraction of sp³-hybridized carbons (Fsp3) is 0.571. The molecule has 0 atom stereocenters. The fourth-order valence-corrected chi connectivity index (χ4v) is 0.586. The quantitative estimate of drug-likeness (QED) is 0.514. The van der Waals surface area contributed by atoms with Gasteiger partial charge in [0, 0.05) is 0 Å². The highest BCUT2D eigenvalue weighted by atomic mass is 16.7. The fourth-order valence-electron chi connectivity index (χ4n) is 0.586. The summed E-state index contributed by atoms with van der Waals surface area (Å²) >= 11 is 0. The first kappa shape index (κ1) is 11.4. The lowest BCUT2D eigenvalue weighted by molar-refractivity contribution is -0.148. The molecule has 0 aromatic carbocycles. The Kier molecular flexibility index (Phi) is 5.25. The maximum absolute atomic E-state index is 10.7. The van der Waals surface area contributed by atoms with Crippen LogP contribution in [0.2, 0.25) is 0 Å². The van der Waals surface area contributed by atoms with Crippen LogP contribution in [0.1, 0.15) is 19.8 Å². The maximum atomic E-state index is 10.7. The van der Waals surface area contributed by atoms with Crippen molar-refractivity contribution in [1.82, 2.24) is 0 Å². The molecule has 0 fully saturated rings. The van der Waals surface area contributed by atoms with Crippen molar-refractivity contribution in [3.63, 3.8) is 0 Å². The van der Waals surface area contributed by atoms with Gasteiger partial charge in [0.2, 0.25) is 0 Å². The Hall–Kier alpha value is -1.59. The highest BCUT2D eigenvalue weighted by Crippen LogP contribution is 1.95. The summed E-state index contributed by atoms with van der Waals surface area (Å²) in [4.78, 5) is 31.0. The van der Waals surface area contributed by atoms with Crippen molar-refractivity contribution in [3.8, 4) is 0 Å². The lowest BCUT2D eigenvalue weighted by Gasteiger charge is -1.99. The second-order valence-corrected chi connectivity index (χ2v) is 2.04. The van der Waals surface area contributed by atoms with Gasteiger partial charge in [-0.3, -0.25) is 9.59 Å². The second kappa shape index (κ2) is 5.99. The molecule has 0 saturated carbocycles. The van der Waals surface area contributed by atoms with Crippen LogP contribution in [-0.2, 0) is 19.1 Å². The van der Waals surface area contributed by atoms with Gasteiger partial charge in [0.25, 0.3) is 0 Å². The molecule has 0 radical (unpaired) electrons. The Morgan fingerprint density at radius 3 is 2.15 bits per heavy atom. The van der Waals surface area contributed by atoms with Gasteiger partial charge in [-0.15, -0.1) is 0 Å². The molecule has 0 unspecified atom stereocenters. The molecule has 13 heavy (non-hydrogen) atoms. The van der Waals surface area contributed by atoms with Crippen molar-refractivity contribution in [1.29, 1.82) is 0 Å². The number of esters is 2. The molecular formula is C7H10O6. The van der Waals surface area contributed by atoms with E-state index in [4.69, 9.17) is 5.11 Å². The van der Waals surface area contributed by atoms with Gasteiger partial charge in [0.05, 0.1) is 19.4 Å². The topological polar surface area (TPSA) is 89.9 Å². The molecule has 0 bridgehead atoms. The molecule has 0 aliphatic rings. The third-order valence-electron chi connectivity index (χ3n) is 1.04. The van der Waals surface area contributed by atoms with Crippen LogP contribution in [0.4, 0.5) is 4.79 Å². The van der Waals surface area contributed by atoms with Gasteiger partial charge < -0.3 is 14.6 Å². The molecule has 0 aromatic rings. The minimum atomic E-state index is -1.67. The first-order valence-corrected chi connectivity index (χ1v) is 3.65. The van der Waals surface area contributed by atoms with Crippen LogP contribution in [0.25, 0.3) is 0 Å². The summed E-state index contributed by atoms with van der Waals surface area (Å²) in [7, 11) is 0. The minimum absolute atomic E-state index is 0.167. The summed E-state index contributed by atoms with van der Waals surface area (Å²) in [5.74, 6) is -1.51. The molecule has 0 saturated heterocycles. The number of carboxylic acid groups (broad SMARTS) is 1. The second-order valence-electron chi connectivity index (χ2n) is 2.04. The van der Waals surface area contributed by atoms with Crippen LogP contribution in [0.3, 0.4) is 0 Å². The van der Waals surface area contributed by atoms with E-state index in [0.717, 1.165) is 0 Å². The molecule has 0 rings (SSSR count). The highest BCUT2D eigenvalue weighted by Gasteiger charge is 2.11. The lowest BCUT2D eigenvalue weighted by atomic mass is 10.3. The molecule has 6 heteroatoms. The predicted molar refractivity (Wildman–Crippen MR) is 40.0 cm³/mol. The molecular weight excluding hydrogens is 180 g/mol. The van der Waals surface area contributed by atoms with E-state index in [-0.39, 0.29) is 19.4 Å². The monoisotopic (exact) mass is 190 g/mol. The van der Waals surface area contributed by atoms with E-state index in [0.29, 0.717) is 0 Å². The van der Waals surface area contributed by atoms with Crippen molar-refractivity contribution < 1.29 is 29.0 Å². The maximum Gasteiger partial charge on any atom is 0.513 e. The van der Waals surface area contributed by atoms with Gasteiger partial charge in [-0.25, -0.2) is 4.79 Å². The molecule has 0 aromatic heterocycles. The Balaban J connectivity index is 3.58. The third kappa shape index (κ3) is 6.79. The van der Waals surface area contributed by atoms with Crippen LogP contribution in [-0.4, -0.2) is 29.8 Å². The Morgan fingerprint density at radius 2 is 1.69 bits per heavy atom. The summed E-state index contributed by atoms with van der Waals surface area (Å²) in [5, 5.41) is 7.99. The Bertz CT molecular complexity index is 209. The van der Waals surface area contributed by atoms with E-state index < -0.39 is 18.1 Å². The van der Waals surface area contributed by atoms with E-state index in [1.54, 1.807) is 6.92 Å². The molecule has 0 amide bonds. The molecule has 1 N–H and O–H groups in total. The largest absolute Gasteiger partial charge is 0.513 e. The number of rotatable bonds is 4. The molecule has 0 spiro atoms. The summed E-state index contributed by atoms with van der Waals surface area (Å²) in [6.45, 7) is 1.86. The average molecular weight is 190 g/mol. The normalized spacial score (nSPS) is 9.00. The van der Waals surface area contributed by atoms with Crippen molar-refractivity contribution in [3.05, 3.63) is 0 Å². The van der Waals surface area contributed by atoms with E-state index >= 15 is 0 Å². The number of ether oxygens (including phenoxy) is 2. The van der Waals surface area contributed by atoms with E-state index in [1.807, 2.05) is 0 Å². The van der Waals surface area contributed by atoms with Crippen LogP contribution < -0.4 is 0 Å². The van der Waals surface area contributed by atoms with Gasteiger partial charge in [-0.1, -0.05) is 0 Å². The number of carbonyl (C=O) groups excluding carboxylic acids is 2. The third-order valence-corrected chi connectivity index (χ3v) is 1.04. The van der Waals surface area contributed by atoms with Crippen LogP contribution in [0, 0.1) is 0 Å². The molecule has 0 aliphatic carbocycles. The van der Waals surface area contributed by atoms with Crippen LogP contribution >= 0.6 is 0 Å². The summed E-state index contributed by atoms with van der Waals surface area (Å²) in [6.07, 6.45) is -2.13. The van der Waals surface area contributed by atoms with Gasteiger partial charge in [0.1, 0.15) is 0 Å². The highest BCUT2D eigenvalue weighted by molar-refractivity contribution is 5.83. The summed E-state index contributed by atoms with van der Waals surface area (Å²) in [6, 6.07) is 0. The predicted octanol–water partition coefficient (Wildman–Crippen LogP) is 0.551. The minimum Gasteiger partial charge on any atom is -0.466 e. The van der Waals surface area contributed by atoms with Crippen molar-refractivity contribution >= 4 is 18.1 Å². The summed E-state index contributed by atoms with van der Waals surface area (Å²) in [5.41, 5.74) is 0. The lowest BCUT2D eigenvalue weighted by Crippen LogP contribution is -2.12. The number of hydrogen-bond donors (Lipinski definition) is 1. The Morgan fingerprint density at radius 1 is 1.15 bits per heavy atom. The smallest absolute Gasteiger partial charge is 0.466 e. The zero-order valence-corrected chi connectivity index (χ0v) is 7.11. The van der Waals surface area contributed by atoms with Crippen molar-refractivity contribution in [2.45, 2.75) is 19.8 Å². The molecule has 74 valence electrons. The zero-order valence-electron chi connectivity index (χ0n) is 7.11. The van der Waals surface area contributed by atoms with Crippen molar-refractivity contribution in [2.75, 3.05) is 6.61 Å². The van der Waals surface area contributed by atoms with E-state index in [2.05, 4.69) is 9.47 Å². The van der Waals surface area contributed by atoms with Gasteiger partial charge >= 0.3 is 18.1 Å². The number of hydrogen-bond acceptors (Lipinski definition) is 5. The molecule has 0 heterocycles. The SMILES string of the molecule is CCOC(=O)CCC(=O)OC(=O)O. The average Bonchev–Trinajstić information content (AvgIpc) is 2.00. The zero-order chi connectivity index (χ0) is 10.3. The molecule has 0 aliphatic heterocycles. The van der Waals surface area contributed by atoms with E-state index in [9.17, 15) is 14.4 Å².